The first-order valence-corrected chi connectivity index (χ1v) is 10.2. The molecule has 1 aliphatic heterocycles. The number of amides is 1. The lowest BCUT2D eigenvalue weighted by Crippen LogP contribution is -2.35. The quantitative estimate of drug-likeness (QED) is 0.354. The van der Waals surface area contributed by atoms with E-state index >= 15 is 0 Å². The minimum absolute atomic E-state index is 0.0404. The molecule has 4 N–H and O–H groups in total. The molecule has 0 unspecified atom stereocenters. The maximum Gasteiger partial charge on any atom is 0.325 e. The van der Waals surface area contributed by atoms with E-state index in [1.54, 1.807) is 6.92 Å². The van der Waals surface area contributed by atoms with E-state index in [2.05, 4.69) is 5.32 Å². The van der Waals surface area contributed by atoms with E-state index in [0.29, 0.717) is 31.6 Å². The molecule has 0 saturated carbocycles. The number of nitrogens with one attached hydrogen (secondary N) is 2. The Morgan fingerprint density at radius 3 is 2.67 bits per heavy atom. The summed E-state index contributed by atoms with van der Waals surface area (Å²) >= 11 is 0. The lowest BCUT2D eigenvalue weighted by Gasteiger charge is -2.30. The van der Waals surface area contributed by atoms with Crippen LogP contribution in [-0.4, -0.2) is 37.4 Å². The van der Waals surface area contributed by atoms with Crippen LogP contribution in [0.5, 0.6) is 0 Å². The molecule has 0 saturated heterocycles. The van der Waals surface area contributed by atoms with Crippen molar-refractivity contribution in [3.8, 4) is 0 Å². The van der Waals surface area contributed by atoms with Gasteiger partial charge in [0.2, 0.25) is 5.91 Å². The van der Waals surface area contributed by atoms with Crippen LogP contribution in [0.3, 0.4) is 0 Å². The van der Waals surface area contributed by atoms with Gasteiger partial charge in [-0.2, -0.15) is 0 Å². The number of esters is 1. The molecule has 1 aliphatic rings. The number of fused-ring (bicyclic) bond motifs is 1. The summed E-state index contributed by atoms with van der Waals surface area (Å²) in [5, 5.41) is 10.5. The first kappa shape index (κ1) is 21.4. The number of hydrogen-bond acceptors (Lipinski definition) is 5. The van der Waals surface area contributed by atoms with Gasteiger partial charge in [-0.05, 0) is 55.5 Å². The van der Waals surface area contributed by atoms with Gasteiger partial charge in [-0.25, -0.2) is 0 Å². The van der Waals surface area contributed by atoms with Crippen LogP contribution in [0.2, 0.25) is 0 Å². The van der Waals surface area contributed by atoms with Gasteiger partial charge in [0.15, 0.2) is 0 Å². The molecular weight excluding hydrogens is 380 g/mol. The summed E-state index contributed by atoms with van der Waals surface area (Å²) in [6.45, 7) is 2.98. The monoisotopic (exact) mass is 408 g/mol. The summed E-state index contributed by atoms with van der Waals surface area (Å²) in [5.74, 6) is -0.152. The zero-order valence-corrected chi connectivity index (χ0v) is 17.2. The van der Waals surface area contributed by atoms with Crippen LogP contribution in [0.25, 0.3) is 0 Å². The van der Waals surface area contributed by atoms with Crippen LogP contribution in [0.1, 0.15) is 36.5 Å². The molecule has 0 aliphatic carbocycles. The number of ether oxygens (including phenoxy) is 1. The molecule has 7 nitrogen and oxygen atoms in total. The van der Waals surface area contributed by atoms with E-state index in [1.165, 1.54) is 0 Å². The van der Waals surface area contributed by atoms with Gasteiger partial charge in [-0.1, -0.05) is 24.3 Å². The topological polar surface area (TPSA) is 109 Å². The summed E-state index contributed by atoms with van der Waals surface area (Å²) in [7, 11) is 0. The number of amidine groups is 1. The molecule has 158 valence electrons. The molecule has 0 fully saturated rings. The predicted molar refractivity (Wildman–Crippen MR) is 118 cm³/mol. The smallest absolute Gasteiger partial charge is 0.325 e. The first-order valence-electron chi connectivity index (χ1n) is 10.2. The highest BCUT2D eigenvalue weighted by atomic mass is 16.5. The largest absolute Gasteiger partial charge is 0.465 e. The maximum atomic E-state index is 12.9. The summed E-state index contributed by atoms with van der Waals surface area (Å²) in [4.78, 5) is 26.3. The third-order valence-corrected chi connectivity index (χ3v) is 5.13. The molecule has 3 rings (SSSR count). The number of nitrogen functional groups attached to an aromatic ring is 1. The Morgan fingerprint density at radius 1 is 1.20 bits per heavy atom. The third kappa shape index (κ3) is 5.37. The van der Waals surface area contributed by atoms with E-state index in [9.17, 15) is 9.59 Å². The lowest BCUT2D eigenvalue weighted by atomic mass is 9.99. The molecule has 7 heteroatoms. The minimum Gasteiger partial charge on any atom is -0.465 e. The van der Waals surface area contributed by atoms with E-state index in [0.717, 1.165) is 35.3 Å². The van der Waals surface area contributed by atoms with Crippen LogP contribution in [0, 0.1) is 5.41 Å². The second-order valence-corrected chi connectivity index (χ2v) is 7.26. The van der Waals surface area contributed by atoms with E-state index in [4.69, 9.17) is 15.9 Å². The zero-order valence-electron chi connectivity index (χ0n) is 17.2. The average molecular weight is 409 g/mol. The van der Waals surface area contributed by atoms with Crippen LogP contribution >= 0.6 is 0 Å². The molecule has 1 amide bonds. The van der Waals surface area contributed by atoms with E-state index in [-0.39, 0.29) is 24.3 Å². The molecule has 1 heterocycles. The molecule has 0 spiro atoms. The Kier molecular flexibility index (Phi) is 7.06. The van der Waals surface area contributed by atoms with Gasteiger partial charge in [0.25, 0.3) is 0 Å². The fourth-order valence-electron chi connectivity index (χ4n) is 3.59. The SMILES string of the molecule is CCOC(=O)CNc1ccc2c(c1)CCCN2C(=O)CCc1ccc(C(=N)N)cc1. The van der Waals surface area contributed by atoms with Crippen molar-refractivity contribution in [3.63, 3.8) is 0 Å². The Hall–Kier alpha value is -3.35. The number of benzene rings is 2. The first-order chi connectivity index (χ1) is 14.5. The van der Waals surface area contributed by atoms with Crippen LogP contribution in [-0.2, 0) is 27.2 Å². The molecule has 0 atom stereocenters. The molecular formula is C23H28N4O3. The number of rotatable bonds is 8. The van der Waals surface area contributed by atoms with Gasteiger partial charge in [-0.15, -0.1) is 0 Å². The number of aryl methyl sites for hydroxylation is 2. The minimum atomic E-state index is -0.289. The third-order valence-electron chi connectivity index (χ3n) is 5.13. The summed E-state index contributed by atoms with van der Waals surface area (Å²) in [5.41, 5.74) is 10.1. The van der Waals surface area contributed by atoms with Gasteiger partial charge in [0, 0.05) is 29.9 Å². The fraction of sp³-hybridized carbons (Fsp3) is 0.348. The van der Waals surface area contributed by atoms with Crippen molar-refractivity contribution in [1.82, 2.24) is 0 Å². The Bertz CT molecular complexity index is 925. The van der Waals surface area contributed by atoms with Crippen molar-refractivity contribution in [1.29, 1.82) is 5.41 Å². The van der Waals surface area contributed by atoms with Gasteiger partial charge < -0.3 is 20.7 Å². The van der Waals surface area contributed by atoms with Crippen molar-refractivity contribution >= 4 is 29.1 Å². The van der Waals surface area contributed by atoms with Crippen LogP contribution in [0.4, 0.5) is 11.4 Å². The second kappa shape index (κ2) is 9.91. The van der Waals surface area contributed by atoms with Gasteiger partial charge >= 0.3 is 5.97 Å². The number of anilines is 2. The maximum absolute atomic E-state index is 12.9. The van der Waals surface area contributed by atoms with E-state index < -0.39 is 0 Å². The van der Waals surface area contributed by atoms with Crippen molar-refractivity contribution in [2.75, 3.05) is 29.9 Å². The Morgan fingerprint density at radius 2 is 1.97 bits per heavy atom. The van der Waals surface area contributed by atoms with Crippen LogP contribution in [0.15, 0.2) is 42.5 Å². The molecule has 0 radical (unpaired) electrons. The highest BCUT2D eigenvalue weighted by Gasteiger charge is 2.22. The van der Waals surface area contributed by atoms with Crippen molar-refractivity contribution in [2.24, 2.45) is 5.73 Å². The number of nitrogens with zero attached hydrogens (tertiary/aromatic N) is 1. The van der Waals surface area contributed by atoms with Crippen molar-refractivity contribution < 1.29 is 14.3 Å². The van der Waals surface area contributed by atoms with Gasteiger partial charge in [0.1, 0.15) is 12.4 Å². The highest BCUT2D eigenvalue weighted by Crippen LogP contribution is 2.30. The summed E-state index contributed by atoms with van der Waals surface area (Å²) in [6.07, 6.45) is 2.87. The average Bonchev–Trinajstić information content (AvgIpc) is 2.76. The van der Waals surface area contributed by atoms with E-state index in [1.807, 2.05) is 47.4 Å². The fourth-order valence-corrected chi connectivity index (χ4v) is 3.59. The number of carbonyl (C=O) groups is 2. The summed E-state index contributed by atoms with van der Waals surface area (Å²) in [6, 6.07) is 13.3. The molecule has 0 aromatic heterocycles. The molecule has 0 bridgehead atoms. The Balaban J connectivity index is 1.61. The second-order valence-electron chi connectivity index (χ2n) is 7.26. The molecule has 30 heavy (non-hydrogen) atoms. The van der Waals surface area contributed by atoms with Gasteiger partial charge in [-0.3, -0.25) is 15.0 Å². The highest BCUT2D eigenvalue weighted by molar-refractivity contribution is 5.95. The molecule has 2 aromatic rings. The predicted octanol–water partition coefficient (Wildman–Crippen LogP) is 2.86. The Labute approximate surface area is 176 Å². The van der Waals surface area contributed by atoms with Gasteiger partial charge in [0.05, 0.1) is 6.61 Å². The normalized spacial score (nSPS) is 12.8. The summed E-state index contributed by atoms with van der Waals surface area (Å²) < 4.78 is 4.94. The number of carbonyl (C=O) groups excluding carboxylic acids is 2. The lowest BCUT2D eigenvalue weighted by molar-refractivity contribution is -0.140. The number of hydrogen-bond donors (Lipinski definition) is 3. The van der Waals surface area contributed by atoms with Crippen molar-refractivity contribution in [2.45, 2.75) is 32.6 Å². The number of nitrogens with two attached hydrogens (primary N) is 1. The van der Waals surface area contributed by atoms with Crippen LogP contribution < -0.4 is 16.0 Å². The van der Waals surface area contributed by atoms with Crippen molar-refractivity contribution in [3.05, 3.63) is 59.2 Å². The standard InChI is InChI=1S/C23H28N4O3/c1-2-30-22(29)15-26-19-10-11-20-18(14-19)4-3-13-27(20)21(28)12-7-16-5-8-17(9-6-16)23(24)25/h5-6,8-11,14,26H,2-4,7,12-13,15H2,1H3,(H3,24,25). The zero-order chi connectivity index (χ0) is 21.5. The molecule has 2 aromatic carbocycles.